The van der Waals surface area contributed by atoms with Crippen LogP contribution < -0.4 is 5.19 Å². The SMILES string of the molecule is CC(C)N1Cc2ccccc2[Si](C)(C)C1. The lowest BCUT2D eigenvalue weighted by Crippen LogP contribution is -2.58. The smallest absolute Gasteiger partial charge is 0.0953 e. The Morgan fingerprint density at radius 2 is 1.87 bits per heavy atom. The van der Waals surface area contributed by atoms with Crippen molar-refractivity contribution < 1.29 is 0 Å². The summed E-state index contributed by atoms with van der Waals surface area (Å²) in [6.07, 6.45) is 1.31. The maximum atomic E-state index is 2.62. The molecule has 2 rings (SSSR count). The quantitative estimate of drug-likeness (QED) is 0.656. The minimum absolute atomic E-state index is 0.671. The Kier molecular flexibility index (Phi) is 2.73. The summed E-state index contributed by atoms with van der Waals surface area (Å²) in [6, 6.07) is 9.69. The van der Waals surface area contributed by atoms with E-state index in [0.717, 1.165) is 6.54 Å². The van der Waals surface area contributed by atoms with E-state index in [9.17, 15) is 0 Å². The monoisotopic (exact) mass is 219 g/mol. The normalized spacial score (nSPS) is 20.3. The topological polar surface area (TPSA) is 3.24 Å². The van der Waals surface area contributed by atoms with Crippen LogP contribution in [0.4, 0.5) is 0 Å². The van der Waals surface area contributed by atoms with Crippen molar-refractivity contribution in [2.45, 2.75) is 39.5 Å². The number of fused-ring (bicyclic) bond motifs is 1. The second kappa shape index (κ2) is 3.76. The van der Waals surface area contributed by atoms with Crippen molar-refractivity contribution in [2.24, 2.45) is 0 Å². The molecule has 0 unspecified atom stereocenters. The average molecular weight is 219 g/mol. The molecular weight excluding hydrogens is 198 g/mol. The zero-order valence-electron chi connectivity index (χ0n) is 10.2. The molecule has 0 atom stereocenters. The first kappa shape index (κ1) is 10.9. The van der Waals surface area contributed by atoms with E-state index in [1.54, 1.807) is 10.8 Å². The Balaban J connectivity index is 2.39. The van der Waals surface area contributed by atoms with Gasteiger partial charge in [-0.3, -0.25) is 4.90 Å². The molecule has 1 aromatic carbocycles. The van der Waals surface area contributed by atoms with E-state index in [1.165, 1.54) is 6.17 Å². The minimum Gasteiger partial charge on any atom is -0.299 e. The largest absolute Gasteiger partial charge is 0.299 e. The van der Waals surface area contributed by atoms with Gasteiger partial charge in [0.1, 0.15) is 0 Å². The Hall–Kier alpha value is -0.603. The van der Waals surface area contributed by atoms with Gasteiger partial charge in [0.05, 0.1) is 8.07 Å². The lowest BCUT2D eigenvalue weighted by molar-refractivity contribution is 0.243. The van der Waals surface area contributed by atoms with E-state index in [0.29, 0.717) is 6.04 Å². The molecule has 0 spiro atoms. The van der Waals surface area contributed by atoms with Gasteiger partial charge in [0.15, 0.2) is 0 Å². The summed E-state index contributed by atoms with van der Waals surface area (Å²) in [5.74, 6) is 0. The van der Waals surface area contributed by atoms with Gasteiger partial charge in [-0.15, -0.1) is 0 Å². The third-order valence-electron chi connectivity index (χ3n) is 3.45. The Bertz CT molecular complexity index is 357. The third-order valence-corrected chi connectivity index (χ3v) is 6.59. The zero-order valence-corrected chi connectivity index (χ0v) is 11.2. The van der Waals surface area contributed by atoms with Crippen LogP contribution in [0, 0.1) is 0 Å². The molecule has 0 aliphatic carbocycles. The summed E-state index contributed by atoms with van der Waals surface area (Å²) in [4.78, 5) is 2.62. The van der Waals surface area contributed by atoms with Gasteiger partial charge >= 0.3 is 0 Å². The molecular formula is C13H21NSi. The molecule has 0 N–H and O–H groups in total. The predicted molar refractivity (Wildman–Crippen MR) is 69.1 cm³/mol. The molecule has 1 heterocycles. The highest BCUT2D eigenvalue weighted by Gasteiger charge is 2.33. The molecule has 0 radical (unpaired) electrons. The maximum Gasteiger partial charge on any atom is 0.0953 e. The van der Waals surface area contributed by atoms with Crippen LogP contribution in [0.25, 0.3) is 0 Å². The van der Waals surface area contributed by atoms with E-state index in [1.807, 2.05) is 0 Å². The highest BCUT2D eigenvalue weighted by molar-refractivity contribution is 6.90. The van der Waals surface area contributed by atoms with Crippen molar-refractivity contribution in [1.29, 1.82) is 0 Å². The van der Waals surface area contributed by atoms with Gasteiger partial charge in [-0.05, 0) is 25.6 Å². The molecule has 1 aliphatic rings. The van der Waals surface area contributed by atoms with Crippen molar-refractivity contribution in [2.75, 3.05) is 6.17 Å². The van der Waals surface area contributed by atoms with E-state index in [-0.39, 0.29) is 0 Å². The molecule has 1 aromatic rings. The molecule has 0 amide bonds. The lowest BCUT2D eigenvalue weighted by atomic mass is 10.2. The van der Waals surface area contributed by atoms with Gasteiger partial charge in [-0.25, -0.2) is 0 Å². The second-order valence-corrected chi connectivity index (χ2v) is 10.2. The van der Waals surface area contributed by atoms with Crippen molar-refractivity contribution in [3.8, 4) is 0 Å². The zero-order chi connectivity index (χ0) is 11.1. The Morgan fingerprint density at radius 1 is 1.20 bits per heavy atom. The molecule has 0 bridgehead atoms. The first-order chi connectivity index (χ1) is 7.00. The summed E-state index contributed by atoms with van der Waals surface area (Å²) in [7, 11) is -1.21. The molecule has 1 aliphatic heterocycles. The number of hydrogen-bond donors (Lipinski definition) is 0. The highest BCUT2D eigenvalue weighted by Crippen LogP contribution is 2.19. The molecule has 0 saturated heterocycles. The van der Waals surface area contributed by atoms with Crippen LogP contribution in [0.2, 0.25) is 13.1 Å². The molecule has 0 fully saturated rings. The summed E-state index contributed by atoms with van der Waals surface area (Å²) in [6.45, 7) is 10.7. The number of rotatable bonds is 1. The van der Waals surface area contributed by atoms with E-state index >= 15 is 0 Å². The number of benzene rings is 1. The highest BCUT2D eigenvalue weighted by atomic mass is 28.3. The van der Waals surface area contributed by atoms with Gasteiger partial charge < -0.3 is 0 Å². The van der Waals surface area contributed by atoms with Crippen molar-refractivity contribution in [3.05, 3.63) is 29.8 Å². The minimum atomic E-state index is -1.21. The van der Waals surface area contributed by atoms with Crippen LogP contribution in [-0.4, -0.2) is 25.2 Å². The Morgan fingerprint density at radius 3 is 2.53 bits per heavy atom. The van der Waals surface area contributed by atoms with E-state index < -0.39 is 8.07 Å². The fourth-order valence-corrected chi connectivity index (χ4v) is 5.79. The van der Waals surface area contributed by atoms with Crippen LogP contribution >= 0.6 is 0 Å². The van der Waals surface area contributed by atoms with Gasteiger partial charge in [-0.2, -0.15) is 0 Å². The van der Waals surface area contributed by atoms with Crippen molar-refractivity contribution in [3.63, 3.8) is 0 Å². The molecule has 82 valence electrons. The summed E-state index contributed by atoms with van der Waals surface area (Å²) < 4.78 is 0. The van der Waals surface area contributed by atoms with Gasteiger partial charge in [0, 0.05) is 12.6 Å². The predicted octanol–water partition coefficient (Wildman–Crippen LogP) is 2.37. The molecule has 0 aromatic heterocycles. The van der Waals surface area contributed by atoms with Crippen LogP contribution in [0.5, 0.6) is 0 Å². The molecule has 2 heteroatoms. The maximum absolute atomic E-state index is 2.62. The van der Waals surface area contributed by atoms with E-state index in [4.69, 9.17) is 0 Å². The fourth-order valence-electron chi connectivity index (χ4n) is 2.55. The average Bonchev–Trinajstić information content (AvgIpc) is 2.16. The van der Waals surface area contributed by atoms with Gasteiger partial charge in [-0.1, -0.05) is 42.5 Å². The Labute approximate surface area is 94.1 Å². The molecule has 1 nitrogen and oxygen atoms in total. The lowest BCUT2D eigenvalue weighted by Gasteiger charge is -2.40. The van der Waals surface area contributed by atoms with Crippen molar-refractivity contribution >= 4 is 13.3 Å². The van der Waals surface area contributed by atoms with Crippen LogP contribution in [0.3, 0.4) is 0 Å². The van der Waals surface area contributed by atoms with Gasteiger partial charge in [0.25, 0.3) is 0 Å². The van der Waals surface area contributed by atoms with Crippen molar-refractivity contribution in [1.82, 2.24) is 4.90 Å². The third kappa shape index (κ3) is 2.01. The molecule has 15 heavy (non-hydrogen) atoms. The summed E-state index contributed by atoms with van der Waals surface area (Å²) in [5, 5.41) is 1.67. The van der Waals surface area contributed by atoms with Crippen LogP contribution in [-0.2, 0) is 6.54 Å². The first-order valence-electron chi connectivity index (χ1n) is 5.83. The van der Waals surface area contributed by atoms with Gasteiger partial charge in [0.2, 0.25) is 0 Å². The number of nitrogens with zero attached hydrogens (tertiary/aromatic N) is 1. The van der Waals surface area contributed by atoms with Crippen LogP contribution in [0.15, 0.2) is 24.3 Å². The fraction of sp³-hybridized carbons (Fsp3) is 0.538. The summed E-state index contributed by atoms with van der Waals surface area (Å²) in [5.41, 5.74) is 1.56. The molecule has 0 saturated carbocycles. The number of hydrogen-bond acceptors (Lipinski definition) is 1. The second-order valence-electron chi connectivity index (χ2n) is 5.54. The first-order valence-corrected chi connectivity index (χ1v) is 9.04. The summed E-state index contributed by atoms with van der Waals surface area (Å²) >= 11 is 0. The van der Waals surface area contributed by atoms with E-state index in [2.05, 4.69) is 56.1 Å². The standard InChI is InChI=1S/C13H21NSi/c1-11(2)14-9-12-7-5-6-8-13(12)15(3,4)10-14/h5-8,11H,9-10H2,1-4H3. The van der Waals surface area contributed by atoms with Crippen LogP contribution in [0.1, 0.15) is 19.4 Å².